The minimum atomic E-state index is -1.14. The Balaban J connectivity index is 1.55. The van der Waals surface area contributed by atoms with Gasteiger partial charge in [-0.3, -0.25) is 9.69 Å². The van der Waals surface area contributed by atoms with Gasteiger partial charge in [0.2, 0.25) is 0 Å². The molecule has 128 valence electrons. The lowest BCUT2D eigenvalue weighted by molar-refractivity contribution is -0.142. The molecule has 0 bridgehead atoms. The fourth-order valence-corrected chi connectivity index (χ4v) is 2.96. The molecule has 0 aliphatic carbocycles. The van der Waals surface area contributed by atoms with Crippen LogP contribution in [0.5, 0.6) is 0 Å². The second kappa shape index (κ2) is 7.34. The van der Waals surface area contributed by atoms with Gasteiger partial charge in [0.15, 0.2) is 6.10 Å². The fraction of sp³-hybridized carbons (Fsp3) is 0.412. The van der Waals surface area contributed by atoms with E-state index in [1.807, 2.05) is 17.8 Å². The summed E-state index contributed by atoms with van der Waals surface area (Å²) in [4.78, 5) is 20.8. The van der Waals surface area contributed by atoms with Gasteiger partial charge in [-0.2, -0.15) is 0 Å². The number of hydrogen-bond acceptors (Lipinski definition) is 4. The van der Waals surface area contributed by atoms with Gasteiger partial charge in [0.25, 0.3) is 5.91 Å². The number of carbonyl (C=O) groups is 1. The number of aromatic nitrogens is 2. The molecule has 1 aliphatic heterocycles. The minimum absolute atomic E-state index is 0.256. The molecule has 1 N–H and O–H groups in total. The quantitative estimate of drug-likeness (QED) is 0.908. The first kappa shape index (κ1) is 17.0. The maximum Gasteiger partial charge on any atom is 0.256 e. The van der Waals surface area contributed by atoms with Crippen molar-refractivity contribution in [2.75, 3.05) is 26.2 Å². The lowest BCUT2D eigenvalue weighted by Crippen LogP contribution is -2.49. The number of hydrogen-bond donors (Lipinski definition) is 1. The van der Waals surface area contributed by atoms with E-state index >= 15 is 0 Å². The predicted molar refractivity (Wildman–Crippen MR) is 91.5 cm³/mol. The Morgan fingerprint density at radius 2 is 1.92 bits per heavy atom. The Hall–Kier alpha value is -1.89. The van der Waals surface area contributed by atoms with Crippen LogP contribution in [0.1, 0.15) is 17.5 Å². The first-order valence-corrected chi connectivity index (χ1v) is 8.33. The third kappa shape index (κ3) is 3.77. The van der Waals surface area contributed by atoms with Crippen LogP contribution in [-0.2, 0) is 18.4 Å². The number of benzene rings is 1. The molecule has 1 saturated heterocycles. The second-order valence-corrected chi connectivity index (χ2v) is 6.45. The first-order chi connectivity index (χ1) is 11.5. The number of aryl methyl sites for hydroxylation is 1. The number of aliphatic hydroxyl groups excluding tert-OH is 1. The van der Waals surface area contributed by atoms with Crippen LogP contribution in [0.15, 0.2) is 36.7 Å². The van der Waals surface area contributed by atoms with Gasteiger partial charge in [-0.25, -0.2) is 4.98 Å². The van der Waals surface area contributed by atoms with Gasteiger partial charge >= 0.3 is 0 Å². The average Bonchev–Trinajstić information content (AvgIpc) is 3.00. The summed E-state index contributed by atoms with van der Waals surface area (Å²) in [6, 6.07) is 6.72. The number of piperazine rings is 1. The maximum absolute atomic E-state index is 12.5. The summed E-state index contributed by atoms with van der Waals surface area (Å²) in [5.41, 5.74) is 0.569. The second-order valence-electron chi connectivity index (χ2n) is 6.01. The van der Waals surface area contributed by atoms with Crippen LogP contribution in [0, 0.1) is 0 Å². The molecule has 1 aromatic carbocycles. The van der Waals surface area contributed by atoms with E-state index in [-0.39, 0.29) is 5.91 Å². The Kier molecular flexibility index (Phi) is 5.18. The minimum Gasteiger partial charge on any atom is -0.378 e. The molecule has 1 fully saturated rings. The number of rotatable bonds is 4. The highest BCUT2D eigenvalue weighted by Gasteiger charge is 2.27. The average molecular weight is 349 g/mol. The summed E-state index contributed by atoms with van der Waals surface area (Å²) >= 11 is 5.84. The van der Waals surface area contributed by atoms with Gasteiger partial charge in [-0.05, 0) is 17.7 Å². The third-order valence-corrected chi connectivity index (χ3v) is 4.64. The monoisotopic (exact) mass is 348 g/mol. The molecule has 0 radical (unpaired) electrons. The van der Waals surface area contributed by atoms with Crippen molar-refractivity contribution in [3.05, 3.63) is 53.1 Å². The summed E-state index contributed by atoms with van der Waals surface area (Å²) in [7, 11) is 1.98. The Bertz CT molecular complexity index is 693. The zero-order chi connectivity index (χ0) is 17.1. The van der Waals surface area contributed by atoms with Crippen LogP contribution in [0.4, 0.5) is 0 Å². The van der Waals surface area contributed by atoms with Crippen molar-refractivity contribution < 1.29 is 9.90 Å². The lowest BCUT2D eigenvalue weighted by Gasteiger charge is -2.35. The van der Waals surface area contributed by atoms with Crippen LogP contribution in [-0.4, -0.2) is 56.5 Å². The SMILES string of the molecule is Cn1ccnc1CN1CCN(C(=O)[C@@H](O)c2ccc(Cl)cc2)CC1. The van der Waals surface area contributed by atoms with E-state index in [4.69, 9.17) is 11.6 Å². The van der Waals surface area contributed by atoms with E-state index in [1.54, 1.807) is 35.4 Å². The van der Waals surface area contributed by atoms with Crippen LogP contribution in [0.25, 0.3) is 0 Å². The van der Waals surface area contributed by atoms with Gasteiger partial charge in [0.05, 0.1) is 6.54 Å². The van der Waals surface area contributed by atoms with Gasteiger partial charge in [0.1, 0.15) is 5.82 Å². The summed E-state index contributed by atoms with van der Waals surface area (Å²) in [6.07, 6.45) is 2.58. The lowest BCUT2D eigenvalue weighted by atomic mass is 10.1. The van der Waals surface area contributed by atoms with Crippen molar-refractivity contribution in [3.8, 4) is 0 Å². The van der Waals surface area contributed by atoms with Crippen molar-refractivity contribution in [1.29, 1.82) is 0 Å². The van der Waals surface area contributed by atoms with Crippen molar-refractivity contribution in [2.24, 2.45) is 7.05 Å². The van der Waals surface area contributed by atoms with Crippen molar-refractivity contribution in [2.45, 2.75) is 12.6 Å². The highest BCUT2D eigenvalue weighted by molar-refractivity contribution is 6.30. The molecule has 1 aliphatic rings. The van der Waals surface area contributed by atoms with Crippen LogP contribution < -0.4 is 0 Å². The number of imidazole rings is 1. The molecule has 1 amide bonds. The van der Waals surface area contributed by atoms with E-state index in [0.29, 0.717) is 23.7 Å². The molecule has 0 saturated carbocycles. The Morgan fingerprint density at radius 1 is 1.25 bits per heavy atom. The molecule has 1 aromatic heterocycles. The number of carbonyl (C=O) groups excluding carboxylic acids is 1. The maximum atomic E-state index is 12.5. The third-order valence-electron chi connectivity index (χ3n) is 4.39. The highest BCUT2D eigenvalue weighted by atomic mass is 35.5. The summed E-state index contributed by atoms with van der Waals surface area (Å²) in [6.45, 7) is 3.52. The number of halogens is 1. The summed E-state index contributed by atoms with van der Waals surface area (Å²) < 4.78 is 2.00. The van der Waals surface area contributed by atoms with Crippen molar-refractivity contribution in [3.63, 3.8) is 0 Å². The van der Waals surface area contributed by atoms with E-state index in [1.165, 1.54) is 0 Å². The fourth-order valence-electron chi connectivity index (χ4n) is 2.84. The van der Waals surface area contributed by atoms with Crippen molar-refractivity contribution >= 4 is 17.5 Å². The molecule has 0 spiro atoms. The predicted octanol–water partition coefficient (Wildman–Crippen LogP) is 1.45. The summed E-state index contributed by atoms with van der Waals surface area (Å²) in [5.74, 6) is 0.755. The number of amides is 1. The van der Waals surface area contributed by atoms with E-state index in [2.05, 4.69) is 9.88 Å². The van der Waals surface area contributed by atoms with E-state index < -0.39 is 6.10 Å². The smallest absolute Gasteiger partial charge is 0.256 e. The molecule has 1 atom stereocenters. The molecule has 7 heteroatoms. The van der Waals surface area contributed by atoms with E-state index in [9.17, 15) is 9.90 Å². The van der Waals surface area contributed by atoms with Crippen LogP contribution in [0.3, 0.4) is 0 Å². The largest absolute Gasteiger partial charge is 0.378 e. The van der Waals surface area contributed by atoms with Gasteiger partial charge in [-0.1, -0.05) is 23.7 Å². The Morgan fingerprint density at radius 3 is 2.50 bits per heavy atom. The van der Waals surface area contributed by atoms with Crippen molar-refractivity contribution in [1.82, 2.24) is 19.4 Å². The molecule has 2 heterocycles. The summed E-state index contributed by atoms with van der Waals surface area (Å²) in [5, 5.41) is 10.9. The van der Waals surface area contributed by atoms with Gasteiger partial charge in [-0.15, -0.1) is 0 Å². The molecule has 6 nitrogen and oxygen atoms in total. The molecular formula is C17H21ClN4O2. The normalized spacial score (nSPS) is 17.0. The number of nitrogens with zero attached hydrogens (tertiary/aromatic N) is 4. The molecule has 0 unspecified atom stereocenters. The van der Waals surface area contributed by atoms with Gasteiger partial charge < -0.3 is 14.6 Å². The first-order valence-electron chi connectivity index (χ1n) is 7.95. The molecule has 2 aromatic rings. The molecule has 24 heavy (non-hydrogen) atoms. The zero-order valence-corrected chi connectivity index (χ0v) is 14.4. The topological polar surface area (TPSA) is 61.6 Å². The van der Waals surface area contributed by atoms with Gasteiger partial charge in [0, 0.05) is 50.6 Å². The molecule has 3 rings (SSSR count). The standard InChI is InChI=1S/C17H21ClN4O2/c1-20-7-6-19-15(20)12-21-8-10-22(11-9-21)17(24)16(23)13-2-4-14(18)5-3-13/h2-7,16,23H,8-12H2,1H3/t16-/m0/s1. The number of aliphatic hydroxyl groups is 1. The zero-order valence-electron chi connectivity index (χ0n) is 13.6. The van der Waals surface area contributed by atoms with E-state index in [0.717, 1.165) is 25.5 Å². The highest BCUT2D eigenvalue weighted by Crippen LogP contribution is 2.19. The van der Waals surface area contributed by atoms with Crippen LogP contribution >= 0.6 is 11.6 Å². The van der Waals surface area contributed by atoms with Crippen LogP contribution in [0.2, 0.25) is 5.02 Å². The molecular weight excluding hydrogens is 328 g/mol. The Labute approximate surface area is 146 Å².